The number of carbonyl (C=O) groups excluding carboxylic acids is 2. The Balaban J connectivity index is 1.97. The highest BCUT2D eigenvalue weighted by Crippen LogP contribution is 2.34. The highest BCUT2D eigenvalue weighted by molar-refractivity contribution is 6.07. The average Bonchev–Trinajstić information content (AvgIpc) is 2.76. The number of fused-ring (bicyclic) bond motifs is 1. The number of carbonyl (C=O) groups is 2. The zero-order valence-electron chi connectivity index (χ0n) is 11.3. The standard InChI is InChI=1S/C14H15N3O3/c1-8-15-10-4-3-5-12(20-2)9(10)7-17(8)11-6-13(18)16-14(11)19/h3-5,11H,6-7H2,1-2H3,(H,16,18,19). The van der Waals surface area contributed by atoms with Gasteiger partial charge in [-0.2, -0.15) is 0 Å². The number of imide groups is 1. The molecule has 1 fully saturated rings. The van der Waals surface area contributed by atoms with Crippen molar-refractivity contribution in [3.8, 4) is 5.75 Å². The first-order valence-electron chi connectivity index (χ1n) is 6.41. The summed E-state index contributed by atoms with van der Waals surface area (Å²) < 4.78 is 5.34. The summed E-state index contributed by atoms with van der Waals surface area (Å²) in [4.78, 5) is 29.6. The van der Waals surface area contributed by atoms with E-state index in [1.165, 1.54) is 0 Å². The van der Waals surface area contributed by atoms with Crippen LogP contribution in [0.25, 0.3) is 0 Å². The van der Waals surface area contributed by atoms with Crippen LogP contribution in [0.2, 0.25) is 0 Å². The average molecular weight is 273 g/mol. The first-order chi connectivity index (χ1) is 9.60. The van der Waals surface area contributed by atoms with E-state index in [1.54, 1.807) is 7.11 Å². The molecule has 1 aromatic rings. The fourth-order valence-electron chi connectivity index (χ4n) is 2.66. The lowest BCUT2D eigenvalue weighted by Gasteiger charge is -2.32. The number of hydrogen-bond donors (Lipinski definition) is 1. The van der Waals surface area contributed by atoms with Crippen LogP contribution in [0, 0.1) is 0 Å². The van der Waals surface area contributed by atoms with E-state index in [-0.39, 0.29) is 18.2 Å². The van der Waals surface area contributed by atoms with Crippen LogP contribution in [0.4, 0.5) is 5.69 Å². The van der Waals surface area contributed by atoms with Gasteiger partial charge in [-0.15, -0.1) is 0 Å². The number of rotatable bonds is 2. The predicted octanol–water partition coefficient (Wildman–Crippen LogP) is 0.976. The number of ether oxygens (including phenoxy) is 1. The number of amides is 2. The van der Waals surface area contributed by atoms with E-state index in [4.69, 9.17) is 4.74 Å². The van der Waals surface area contributed by atoms with Gasteiger partial charge in [-0.05, 0) is 19.1 Å². The Morgan fingerprint density at radius 2 is 2.20 bits per heavy atom. The lowest BCUT2D eigenvalue weighted by atomic mass is 10.1. The van der Waals surface area contributed by atoms with Gasteiger partial charge in [0, 0.05) is 5.56 Å². The van der Waals surface area contributed by atoms with Crippen molar-refractivity contribution >= 4 is 23.3 Å². The molecule has 104 valence electrons. The van der Waals surface area contributed by atoms with Gasteiger partial charge in [0.05, 0.1) is 25.8 Å². The van der Waals surface area contributed by atoms with E-state index in [0.717, 1.165) is 22.8 Å². The number of hydrogen-bond acceptors (Lipinski definition) is 5. The van der Waals surface area contributed by atoms with Crippen molar-refractivity contribution in [2.75, 3.05) is 7.11 Å². The molecule has 2 amide bonds. The summed E-state index contributed by atoms with van der Waals surface area (Å²) in [5.74, 6) is 0.982. The highest BCUT2D eigenvalue weighted by atomic mass is 16.5. The second kappa shape index (κ2) is 4.63. The van der Waals surface area contributed by atoms with Crippen LogP contribution in [-0.4, -0.2) is 35.7 Å². The van der Waals surface area contributed by atoms with Crippen LogP contribution in [0.5, 0.6) is 5.75 Å². The molecule has 2 aliphatic rings. The van der Waals surface area contributed by atoms with Gasteiger partial charge in [0.1, 0.15) is 17.6 Å². The van der Waals surface area contributed by atoms with E-state index in [0.29, 0.717) is 6.54 Å². The topological polar surface area (TPSA) is 71.0 Å². The summed E-state index contributed by atoms with van der Waals surface area (Å²) in [5.41, 5.74) is 1.79. The third-order valence-corrected chi connectivity index (χ3v) is 3.67. The largest absolute Gasteiger partial charge is 0.496 e. The monoisotopic (exact) mass is 273 g/mol. The van der Waals surface area contributed by atoms with E-state index >= 15 is 0 Å². The minimum absolute atomic E-state index is 0.177. The summed E-state index contributed by atoms with van der Waals surface area (Å²) in [7, 11) is 1.61. The Morgan fingerprint density at radius 3 is 2.85 bits per heavy atom. The zero-order valence-corrected chi connectivity index (χ0v) is 11.3. The molecule has 0 saturated carbocycles. The van der Waals surface area contributed by atoms with Crippen molar-refractivity contribution in [3.63, 3.8) is 0 Å². The molecule has 1 saturated heterocycles. The molecule has 1 unspecified atom stereocenters. The van der Waals surface area contributed by atoms with Gasteiger partial charge in [0.25, 0.3) is 0 Å². The van der Waals surface area contributed by atoms with Gasteiger partial charge >= 0.3 is 0 Å². The Morgan fingerprint density at radius 1 is 1.40 bits per heavy atom. The molecule has 0 bridgehead atoms. The van der Waals surface area contributed by atoms with Crippen LogP contribution in [0.3, 0.4) is 0 Å². The minimum Gasteiger partial charge on any atom is -0.496 e. The second-order valence-corrected chi connectivity index (χ2v) is 4.88. The van der Waals surface area contributed by atoms with Gasteiger partial charge in [-0.1, -0.05) is 6.07 Å². The third-order valence-electron chi connectivity index (χ3n) is 3.67. The van der Waals surface area contributed by atoms with E-state index in [9.17, 15) is 9.59 Å². The predicted molar refractivity (Wildman–Crippen MR) is 72.9 cm³/mol. The van der Waals surface area contributed by atoms with Crippen molar-refractivity contribution in [2.24, 2.45) is 4.99 Å². The molecule has 0 radical (unpaired) electrons. The molecule has 2 heterocycles. The van der Waals surface area contributed by atoms with Gasteiger partial charge < -0.3 is 9.64 Å². The Hall–Kier alpha value is -2.37. The number of methoxy groups -OCH3 is 1. The minimum atomic E-state index is -0.482. The molecule has 1 aromatic carbocycles. The summed E-state index contributed by atoms with van der Waals surface area (Å²) in [6.07, 6.45) is 0.177. The smallest absolute Gasteiger partial charge is 0.249 e. The van der Waals surface area contributed by atoms with Crippen LogP contribution >= 0.6 is 0 Å². The van der Waals surface area contributed by atoms with Crippen molar-refractivity contribution < 1.29 is 14.3 Å². The number of aliphatic imine (C=N–C) groups is 1. The molecule has 2 aliphatic heterocycles. The zero-order chi connectivity index (χ0) is 14.3. The molecular weight excluding hydrogens is 258 g/mol. The molecule has 0 aromatic heterocycles. The van der Waals surface area contributed by atoms with Gasteiger partial charge in [0.2, 0.25) is 11.8 Å². The quantitative estimate of drug-likeness (QED) is 0.815. The molecule has 1 atom stereocenters. The molecule has 20 heavy (non-hydrogen) atoms. The summed E-state index contributed by atoms with van der Waals surface area (Å²) in [6, 6.07) is 5.19. The van der Waals surface area contributed by atoms with Crippen molar-refractivity contribution in [3.05, 3.63) is 23.8 Å². The van der Waals surface area contributed by atoms with Gasteiger partial charge in [0.15, 0.2) is 0 Å². The van der Waals surface area contributed by atoms with Gasteiger partial charge in [-0.25, -0.2) is 4.99 Å². The van der Waals surface area contributed by atoms with Crippen LogP contribution in [0.1, 0.15) is 18.9 Å². The Kier molecular flexibility index (Phi) is 2.93. The Bertz CT molecular complexity index is 624. The maximum Gasteiger partial charge on any atom is 0.249 e. The number of nitrogens with one attached hydrogen (secondary N) is 1. The molecule has 0 aliphatic carbocycles. The lowest BCUT2D eigenvalue weighted by molar-refractivity contribution is -0.125. The van der Waals surface area contributed by atoms with Crippen LogP contribution in [-0.2, 0) is 16.1 Å². The number of amidine groups is 1. The maximum absolute atomic E-state index is 11.8. The van der Waals surface area contributed by atoms with Crippen molar-refractivity contribution in [1.82, 2.24) is 10.2 Å². The summed E-state index contributed by atoms with van der Waals surface area (Å²) >= 11 is 0. The fraction of sp³-hybridized carbons (Fsp3) is 0.357. The summed E-state index contributed by atoms with van der Waals surface area (Å²) in [5, 5.41) is 2.33. The highest BCUT2D eigenvalue weighted by Gasteiger charge is 2.37. The molecule has 3 rings (SSSR count). The van der Waals surface area contributed by atoms with E-state index < -0.39 is 6.04 Å². The fourth-order valence-corrected chi connectivity index (χ4v) is 2.66. The molecular formula is C14H15N3O3. The third kappa shape index (κ3) is 1.93. The normalized spacial score (nSPS) is 21.4. The van der Waals surface area contributed by atoms with E-state index in [2.05, 4.69) is 10.3 Å². The number of benzene rings is 1. The number of nitrogens with zero attached hydrogens (tertiary/aromatic N) is 2. The maximum atomic E-state index is 11.8. The van der Waals surface area contributed by atoms with Crippen molar-refractivity contribution in [2.45, 2.75) is 25.9 Å². The Labute approximate surface area is 116 Å². The van der Waals surface area contributed by atoms with E-state index in [1.807, 2.05) is 30.0 Å². The lowest BCUT2D eigenvalue weighted by Crippen LogP contribution is -2.44. The first kappa shape index (κ1) is 12.7. The van der Waals surface area contributed by atoms with Gasteiger partial charge in [-0.3, -0.25) is 14.9 Å². The molecule has 1 N–H and O–H groups in total. The molecule has 6 nitrogen and oxygen atoms in total. The molecule has 0 spiro atoms. The van der Waals surface area contributed by atoms with Crippen LogP contribution in [0.15, 0.2) is 23.2 Å². The summed E-state index contributed by atoms with van der Waals surface area (Å²) in [6.45, 7) is 2.36. The first-order valence-corrected chi connectivity index (χ1v) is 6.41. The van der Waals surface area contributed by atoms with Crippen LogP contribution < -0.4 is 10.1 Å². The van der Waals surface area contributed by atoms with Crippen molar-refractivity contribution in [1.29, 1.82) is 0 Å². The SMILES string of the molecule is COc1cccc2c1CN(C1CC(=O)NC1=O)C(C)=N2. The second-order valence-electron chi connectivity index (χ2n) is 4.88. The molecule has 6 heteroatoms.